The summed E-state index contributed by atoms with van der Waals surface area (Å²) in [6.07, 6.45) is -0.392. The van der Waals surface area contributed by atoms with E-state index < -0.39 is 6.10 Å². The molecular weight excluding hydrogens is 224 g/mol. The fourth-order valence-corrected chi connectivity index (χ4v) is 1.18. The van der Waals surface area contributed by atoms with Crippen molar-refractivity contribution in [3.05, 3.63) is 24.3 Å². The maximum Gasteiger partial charge on any atom is 0.147 e. The second-order valence-corrected chi connectivity index (χ2v) is 3.36. The third-order valence-corrected chi connectivity index (χ3v) is 2.12. The van der Waals surface area contributed by atoms with E-state index in [1.165, 1.54) is 7.11 Å². The fourth-order valence-electron chi connectivity index (χ4n) is 1.18. The van der Waals surface area contributed by atoms with E-state index in [1.807, 2.05) is 0 Å². The molecule has 1 atom stereocenters. The molecule has 1 aromatic rings. The van der Waals surface area contributed by atoms with E-state index >= 15 is 0 Å². The van der Waals surface area contributed by atoms with Crippen LogP contribution in [0.5, 0.6) is 11.5 Å². The zero-order valence-corrected chi connectivity index (χ0v) is 10.1. The van der Waals surface area contributed by atoms with E-state index in [1.54, 1.807) is 31.4 Å². The van der Waals surface area contributed by atoms with Crippen molar-refractivity contribution in [3.8, 4) is 11.5 Å². The molecule has 0 aliphatic carbocycles. The van der Waals surface area contributed by atoms with Crippen LogP contribution in [0.3, 0.4) is 0 Å². The zero-order valence-electron chi connectivity index (χ0n) is 10.1. The molecule has 0 saturated heterocycles. The molecule has 96 valence electrons. The molecule has 0 aliphatic heterocycles. The van der Waals surface area contributed by atoms with E-state index in [9.17, 15) is 0 Å². The number of hydrogen-bond acceptors (Lipinski definition) is 5. The van der Waals surface area contributed by atoms with Gasteiger partial charge in [-0.1, -0.05) is 0 Å². The summed E-state index contributed by atoms with van der Waals surface area (Å²) in [7, 11) is 3.13. The lowest BCUT2D eigenvalue weighted by Gasteiger charge is -2.15. The van der Waals surface area contributed by atoms with E-state index in [0.29, 0.717) is 5.75 Å². The van der Waals surface area contributed by atoms with E-state index in [4.69, 9.17) is 24.1 Å². The fraction of sp³-hybridized carbons (Fsp3) is 0.500. The maximum atomic E-state index is 9.03. The molecule has 0 fully saturated rings. The van der Waals surface area contributed by atoms with Crippen LogP contribution in [0.15, 0.2) is 24.3 Å². The molecule has 1 rings (SSSR count). The highest BCUT2D eigenvalue weighted by Gasteiger charge is 2.08. The molecule has 1 N–H and O–H groups in total. The van der Waals surface area contributed by atoms with Crippen LogP contribution < -0.4 is 9.47 Å². The van der Waals surface area contributed by atoms with Crippen LogP contribution in [0.2, 0.25) is 0 Å². The lowest BCUT2D eigenvalue weighted by atomic mass is 10.3. The Morgan fingerprint density at radius 3 is 2.29 bits per heavy atom. The SMILES string of the molecule is COCO[C@H](CO)COc1ccc(OC)cc1. The molecule has 0 radical (unpaired) electrons. The Labute approximate surface area is 101 Å². The highest BCUT2D eigenvalue weighted by Crippen LogP contribution is 2.17. The predicted octanol–water partition coefficient (Wildman–Crippen LogP) is 1.06. The topological polar surface area (TPSA) is 57.2 Å². The quantitative estimate of drug-likeness (QED) is 0.691. The van der Waals surface area contributed by atoms with Gasteiger partial charge in [0.05, 0.1) is 13.7 Å². The van der Waals surface area contributed by atoms with Crippen LogP contribution in [0, 0.1) is 0 Å². The van der Waals surface area contributed by atoms with Crippen molar-refractivity contribution in [2.45, 2.75) is 6.10 Å². The number of rotatable bonds is 8. The van der Waals surface area contributed by atoms with Gasteiger partial charge in [0.15, 0.2) is 0 Å². The van der Waals surface area contributed by atoms with Crippen molar-refractivity contribution >= 4 is 0 Å². The Kier molecular flexibility index (Phi) is 6.39. The second kappa shape index (κ2) is 7.89. The Hall–Kier alpha value is -1.30. The first kappa shape index (κ1) is 13.8. The van der Waals surface area contributed by atoms with E-state index in [0.717, 1.165) is 5.75 Å². The lowest BCUT2D eigenvalue weighted by Crippen LogP contribution is -2.26. The van der Waals surface area contributed by atoms with Crippen molar-refractivity contribution in [1.29, 1.82) is 0 Å². The summed E-state index contributed by atoms with van der Waals surface area (Å²) in [5, 5.41) is 9.03. The normalized spacial score (nSPS) is 12.2. The standard InChI is InChI=1S/C12H18O5/c1-14-9-17-12(7-13)8-16-11-5-3-10(15-2)4-6-11/h3-6,12-13H,7-9H2,1-2H3/t12-/m1/s1. The van der Waals surface area contributed by atoms with Gasteiger partial charge in [-0.3, -0.25) is 0 Å². The van der Waals surface area contributed by atoms with Gasteiger partial charge in [-0.15, -0.1) is 0 Å². The van der Waals surface area contributed by atoms with Gasteiger partial charge in [0.1, 0.15) is 31.0 Å². The van der Waals surface area contributed by atoms with Gasteiger partial charge in [0, 0.05) is 7.11 Å². The molecule has 0 unspecified atom stereocenters. The number of aliphatic hydroxyl groups is 1. The number of benzene rings is 1. The maximum absolute atomic E-state index is 9.03. The molecule has 0 bridgehead atoms. The van der Waals surface area contributed by atoms with Crippen molar-refractivity contribution in [3.63, 3.8) is 0 Å². The summed E-state index contributed by atoms with van der Waals surface area (Å²) >= 11 is 0. The Bertz CT molecular complexity index is 298. The minimum absolute atomic E-state index is 0.112. The first-order valence-corrected chi connectivity index (χ1v) is 5.28. The van der Waals surface area contributed by atoms with Crippen LogP contribution in [0.4, 0.5) is 0 Å². The number of aliphatic hydroxyl groups excluding tert-OH is 1. The molecule has 1 aromatic carbocycles. The summed E-state index contributed by atoms with van der Waals surface area (Å²) in [4.78, 5) is 0. The summed E-state index contributed by atoms with van der Waals surface area (Å²) in [6.45, 7) is 0.295. The minimum atomic E-state index is -0.392. The lowest BCUT2D eigenvalue weighted by molar-refractivity contribution is -0.0987. The molecule has 5 heteroatoms. The van der Waals surface area contributed by atoms with Crippen molar-refractivity contribution in [1.82, 2.24) is 0 Å². The average Bonchev–Trinajstić information content (AvgIpc) is 2.39. The van der Waals surface area contributed by atoms with Gasteiger partial charge in [-0.2, -0.15) is 0 Å². The van der Waals surface area contributed by atoms with Crippen molar-refractivity contribution in [2.24, 2.45) is 0 Å². The Morgan fingerprint density at radius 2 is 1.76 bits per heavy atom. The summed E-state index contributed by atoms with van der Waals surface area (Å²) < 4.78 is 20.4. The van der Waals surface area contributed by atoms with Gasteiger partial charge >= 0.3 is 0 Å². The van der Waals surface area contributed by atoms with Crippen LogP contribution in [0.1, 0.15) is 0 Å². The van der Waals surface area contributed by atoms with Crippen LogP contribution in [-0.4, -0.2) is 45.4 Å². The van der Waals surface area contributed by atoms with Gasteiger partial charge in [-0.05, 0) is 24.3 Å². The molecule has 0 aromatic heterocycles. The molecule has 0 heterocycles. The van der Waals surface area contributed by atoms with Crippen LogP contribution >= 0.6 is 0 Å². The number of hydrogen-bond donors (Lipinski definition) is 1. The molecule has 5 nitrogen and oxygen atoms in total. The monoisotopic (exact) mass is 242 g/mol. The molecule has 0 aliphatic rings. The largest absolute Gasteiger partial charge is 0.497 e. The summed E-state index contributed by atoms with van der Waals surface area (Å²) in [6, 6.07) is 7.20. The van der Waals surface area contributed by atoms with Gasteiger partial charge in [0.25, 0.3) is 0 Å². The highest BCUT2D eigenvalue weighted by atomic mass is 16.7. The second-order valence-electron chi connectivity index (χ2n) is 3.36. The molecule has 17 heavy (non-hydrogen) atoms. The van der Waals surface area contributed by atoms with Gasteiger partial charge < -0.3 is 24.1 Å². The van der Waals surface area contributed by atoms with E-state index in [2.05, 4.69) is 0 Å². The Balaban J connectivity index is 2.36. The summed E-state index contributed by atoms with van der Waals surface area (Å²) in [5.74, 6) is 1.47. The van der Waals surface area contributed by atoms with Gasteiger partial charge in [0.2, 0.25) is 0 Å². The number of methoxy groups -OCH3 is 2. The van der Waals surface area contributed by atoms with Crippen molar-refractivity contribution < 1.29 is 24.1 Å². The first-order valence-electron chi connectivity index (χ1n) is 5.28. The molecule has 0 spiro atoms. The minimum Gasteiger partial charge on any atom is -0.497 e. The van der Waals surface area contributed by atoms with E-state index in [-0.39, 0.29) is 20.0 Å². The molecular formula is C12H18O5. The predicted molar refractivity (Wildman–Crippen MR) is 62.3 cm³/mol. The van der Waals surface area contributed by atoms with Gasteiger partial charge in [-0.25, -0.2) is 0 Å². The van der Waals surface area contributed by atoms with Crippen LogP contribution in [-0.2, 0) is 9.47 Å². The Morgan fingerprint density at radius 1 is 1.12 bits per heavy atom. The summed E-state index contributed by atoms with van der Waals surface area (Å²) in [5.41, 5.74) is 0. The number of ether oxygens (including phenoxy) is 4. The van der Waals surface area contributed by atoms with Crippen molar-refractivity contribution in [2.75, 3.05) is 34.2 Å². The van der Waals surface area contributed by atoms with Crippen LogP contribution in [0.25, 0.3) is 0 Å². The smallest absolute Gasteiger partial charge is 0.147 e. The average molecular weight is 242 g/mol. The zero-order chi connectivity index (χ0) is 12.5. The highest BCUT2D eigenvalue weighted by molar-refractivity contribution is 5.31. The third kappa shape index (κ3) is 5.04. The molecule has 0 saturated carbocycles. The molecule has 0 amide bonds. The third-order valence-electron chi connectivity index (χ3n) is 2.12. The first-order chi connectivity index (χ1) is 8.30.